The second-order valence-corrected chi connectivity index (χ2v) is 4.47. The van der Waals surface area contributed by atoms with Crippen molar-refractivity contribution in [2.45, 2.75) is 30.9 Å². The molecule has 1 aromatic carbocycles. The lowest BCUT2D eigenvalue weighted by molar-refractivity contribution is -0.148. The summed E-state index contributed by atoms with van der Waals surface area (Å²) in [6.07, 6.45) is -3.37. The van der Waals surface area contributed by atoms with Crippen molar-refractivity contribution in [1.82, 2.24) is 0 Å². The molecule has 18 heavy (non-hydrogen) atoms. The number of alkyl halides is 3. The Kier molecular flexibility index (Phi) is 2.76. The van der Waals surface area contributed by atoms with Gasteiger partial charge in [0, 0.05) is 0 Å². The lowest BCUT2D eigenvalue weighted by Gasteiger charge is -2.38. The Morgan fingerprint density at radius 1 is 1.28 bits per heavy atom. The van der Waals surface area contributed by atoms with Crippen molar-refractivity contribution in [2.24, 2.45) is 0 Å². The number of carboxylic acids is 1. The Morgan fingerprint density at radius 2 is 1.89 bits per heavy atom. The number of halogens is 3. The maximum atomic E-state index is 12.6. The first-order valence-corrected chi connectivity index (χ1v) is 5.41. The van der Waals surface area contributed by atoms with E-state index in [9.17, 15) is 23.1 Å². The highest BCUT2D eigenvalue weighted by Crippen LogP contribution is 2.46. The zero-order valence-corrected chi connectivity index (χ0v) is 9.29. The fourth-order valence-corrected chi connectivity index (χ4v) is 2.22. The SMILES string of the molecule is O=C(O)C1(c2ccc(O)c(C(F)(F)F)c2)CCC1. The Labute approximate surface area is 101 Å². The smallest absolute Gasteiger partial charge is 0.419 e. The molecule has 0 spiro atoms. The van der Waals surface area contributed by atoms with Crippen molar-refractivity contribution in [1.29, 1.82) is 0 Å². The summed E-state index contributed by atoms with van der Waals surface area (Å²) in [7, 11) is 0. The Morgan fingerprint density at radius 3 is 2.28 bits per heavy atom. The number of aromatic hydroxyl groups is 1. The average molecular weight is 260 g/mol. The van der Waals surface area contributed by atoms with E-state index in [1.807, 2.05) is 0 Å². The second kappa shape index (κ2) is 3.90. The van der Waals surface area contributed by atoms with Gasteiger partial charge in [-0.15, -0.1) is 0 Å². The minimum Gasteiger partial charge on any atom is -0.507 e. The molecular weight excluding hydrogens is 249 g/mol. The van der Waals surface area contributed by atoms with E-state index >= 15 is 0 Å². The van der Waals surface area contributed by atoms with Gasteiger partial charge in [0.05, 0.1) is 11.0 Å². The lowest BCUT2D eigenvalue weighted by Crippen LogP contribution is -2.42. The maximum Gasteiger partial charge on any atom is 0.419 e. The van der Waals surface area contributed by atoms with Crippen molar-refractivity contribution in [3.05, 3.63) is 29.3 Å². The molecule has 2 rings (SSSR count). The summed E-state index contributed by atoms with van der Waals surface area (Å²) in [5, 5.41) is 18.4. The molecule has 3 nitrogen and oxygen atoms in total. The van der Waals surface area contributed by atoms with Crippen LogP contribution in [0.25, 0.3) is 0 Å². The van der Waals surface area contributed by atoms with Gasteiger partial charge >= 0.3 is 12.1 Å². The van der Waals surface area contributed by atoms with E-state index in [0.29, 0.717) is 19.3 Å². The lowest BCUT2D eigenvalue weighted by atomic mass is 9.64. The van der Waals surface area contributed by atoms with Crippen LogP contribution in [0, 0.1) is 0 Å². The molecule has 6 heteroatoms. The Balaban J connectivity index is 2.51. The topological polar surface area (TPSA) is 57.5 Å². The highest BCUT2D eigenvalue weighted by molar-refractivity contribution is 5.82. The molecule has 1 aliphatic rings. The molecule has 1 aliphatic carbocycles. The van der Waals surface area contributed by atoms with E-state index in [-0.39, 0.29) is 5.56 Å². The van der Waals surface area contributed by atoms with Gasteiger partial charge in [0.15, 0.2) is 0 Å². The Bertz CT molecular complexity index is 490. The minimum atomic E-state index is -4.69. The van der Waals surface area contributed by atoms with Crippen molar-refractivity contribution < 1.29 is 28.2 Å². The number of hydrogen-bond donors (Lipinski definition) is 2. The fraction of sp³-hybridized carbons (Fsp3) is 0.417. The third-order valence-corrected chi connectivity index (χ3v) is 3.47. The highest BCUT2D eigenvalue weighted by Gasteiger charge is 2.47. The second-order valence-electron chi connectivity index (χ2n) is 4.47. The van der Waals surface area contributed by atoms with E-state index in [0.717, 1.165) is 12.1 Å². The third-order valence-electron chi connectivity index (χ3n) is 3.47. The van der Waals surface area contributed by atoms with Crippen LogP contribution in [0.1, 0.15) is 30.4 Å². The summed E-state index contributed by atoms with van der Waals surface area (Å²) in [6, 6.07) is 2.89. The molecule has 2 N–H and O–H groups in total. The first-order valence-electron chi connectivity index (χ1n) is 5.41. The number of carboxylic acid groups (broad SMARTS) is 1. The quantitative estimate of drug-likeness (QED) is 0.859. The van der Waals surface area contributed by atoms with Crippen LogP contribution < -0.4 is 0 Å². The Hall–Kier alpha value is -1.72. The standard InChI is InChI=1S/C12H11F3O3/c13-12(14,15)8-6-7(2-3-9(8)16)11(10(17)18)4-1-5-11/h2-3,6,16H,1,4-5H2,(H,17,18). The van der Waals surface area contributed by atoms with Crippen LogP contribution in [-0.2, 0) is 16.4 Å². The van der Waals surface area contributed by atoms with Gasteiger partial charge in [-0.1, -0.05) is 12.5 Å². The van der Waals surface area contributed by atoms with Gasteiger partial charge in [0.2, 0.25) is 0 Å². The molecule has 1 saturated carbocycles. The molecule has 98 valence electrons. The molecule has 0 heterocycles. The maximum absolute atomic E-state index is 12.6. The number of phenolic OH excluding ortho intramolecular Hbond substituents is 1. The van der Waals surface area contributed by atoms with Crippen molar-refractivity contribution in [3.8, 4) is 5.75 Å². The zero-order valence-electron chi connectivity index (χ0n) is 9.29. The number of aliphatic carboxylic acids is 1. The molecule has 0 amide bonds. The molecule has 0 aromatic heterocycles. The van der Waals surface area contributed by atoms with Crippen molar-refractivity contribution in [2.75, 3.05) is 0 Å². The molecule has 0 saturated heterocycles. The molecule has 1 aromatic rings. The van der Waals surface area contributed by atoms with E-state index in [1.54, 1.807) is 0 Å². The van der Waals surface area contributed by atoms with Gasteiger partial charge in [0.1, 0.15) is 5.75 Å². The van der Waals surface area contributed by atoms with Crippen LogP contribution in [0.15, 0.2) is 18.2 Å². The van der Waals surface area contributed by atoms with Gasteiger partial charge in [-0.05, 0) is 30.5 Å². The van der Waals surface area contributed by atoms with E-state index < -0.39 is 28.9 Å². The van der Waals surface area contributed by atoms with Gasteiger partial charge in [0.25, 0.3) is 0 Å². The monoisotopic (exact) mass is 260 g/mol. The number of hydrogen-bond acceptors (Lipinski definition) is 2. The summed E-state index contributed by atoms with van der Waals surface area (Å²) in [5.41, 5.74) is -2.31. The number of rotatable bonds is 2. The first kappa shape index (κ1) is 12.7. The molecule has 0 radical (unpaired) electrons. The molecule has 0 bridgehead atoms. The van der Waals surface area contributed by atoms with Crippen LogP contribution in [0.4, 0.5) is 13.2 Å². The summed E-state index contributed by atoms with van der Waals surface area (Å²) in [4.78, 5) is 11.2. The molecule has 0 aliphatic heterocycles. The molecular formula is C12H11F3O3. The minimum absolute atomic E-state index is 0.103. The third kappa shape index (κ3) is 1.81. The molecule has 0 unspecified atom stereocenters. The van der Waals surface area contributed by atoms with E-state index in [1.165, 1.54) is 6.07 Å². The highest BCUT2D eigenvalue weighted by atomic mass is 19.4. The van der Waals surface area contributed by atoms with Crippen LogP contribution in [0.5, 0.6) is 5.75 Å². The zero-order chi connectivity index (χ0) is 13.6. The number of carbonyl (C=O) groups is 1. The molecule has 1 fully saturated rings. The summed E-state index contributed by atoms with van der Waals surface area (Å²) in [5.74, 6) is -2.00. The van der Waals surface area contributed by atoms with Crippen LogP contribution in [0.2, 0.25) is 0 Å². The predicted molar refractivity (Wildman–Crippen MR) is 56.3 cm³/mol. The predicted octanol–water partition coefficient (Wildman–Crippen LogP) is 2.92. The normalized spacial score (nSPS) is 18.2. The van der Waals surface area contributed by atoms with Crippen molar-refractivity contribution in [3.63, 3.8) is 0 Å². The van der Waals surface area contributed by atoms with Crippen LogP contribution >= 0.6 is 0 Å². The number of benzene rings is 1. The summed E-state index contributed by atoms with van der Waals surface area (Å²) in [6.45, 7) is 0. The van der Waals surface area contributed by atoms with Gasteiger partial charge < -0.3 is 10.2 Å². The van der Waals surface area contributed by atoms with Gasteiger partial charge in [-0.25, -0.2) is 0 Å². The summed E-state index contributed by atoms with van der Waals surface area (Å²) >= 11 is 0. The molecule has 0 atom stereocenters. The van der Waals surface area contributed by atoms with Gasteiger partial charge in [-0.3, -0.25) is 4.79 Å². The van der Waals surface area contributed by atoms with Gasteiger partial charge in [-0.2, -0.15) is 13.2 Å². The summed E-state index contributed by atoms with van der Waals surface area (Å²) < 4.78 is 37.9. The van der Waals surface area contributed by atoms with Crippen LogP contribution in [0.3, 0.4) is 0 Å². The van der Waals surface area contributed by atoms with E-state index in [4.69, 9.17) is 5.11 Å². The largest absolute Gasteiger partial charge is 0.507 e. The van der Waals surface area contributed by atoms with E-state index in [2.05, 4.69) is 0 Å². The fourth-order valence-electron chi connectivity index (χ4n) is 2.22. The average Bonchev–Trinajstić information content (AvgIpc) is 2.16. The number of phenols is 1. The van der Waals surface area contributed by atoms with Crippen molar-refractivity contribution >= 4 is 5.97 Å². The van der Waals surface area contributed by atoms with Crippen LogP contribution in [-0.4, -0.2) is 16.2 Å². The first-order chi connectivity index (χ1) is 8.27.